The van der Waals surface area contributed by atoms with E-state index in [2.05, 4.69) is 12.1 Å². The standard InChI is InChI=1S/C21H22FNO/c22-18-9-4-8-17(14-18)21(12-5-13-21)20(24)23(19-10-11-19)15-16-6-2-1-3-7-16/h1-4,6-9,14,19H,5,10-13,15H2. The van der Waals surface area contributed by atoms with Gasteiger partial charge >= 0.3 is 0 Å². The SMILES string of the molecule is O=C(N(Cc1ccccc1)C1CC1)C1(c2cccc(F)c2)CCC1. The molecular weight excluding hydrogens is 301 g/mol. The molecule has 0 spiro atoms. The Labute approximate surface area is 142 Å². The second-order valence-corrected chi connectivity index (χ2v) is 7.10. The van der Waals surface area contributed by atoms with Gasteiger partial charge in [0.15, 0.2) is 0 Å². The molecule has 0 aliphatic heterocycles. The number of hydrogen-bond acceptors (Lipinski definition) is 1. The molecule has 0 N–H and O–H groups in total. The van der Waals surface area contributed by atoms with Gasteiger partial charge in [-0.3, -0.25) is 4.79 Å². The lowest BCUT2D eigenvalue weighted by Crippen LogP contribution is -2.51. The molecule has 0 atom stereocenters. The number of amides is 1. The van der Waals surface area contributed by atoms with Gasteiger partial charge in [0, 0.05) is 12.6 Å². The first kappa shape index (κ1) is 15.4. The Kier molecular flexibility index (Phi) is 3.87. The predicted octanol–water partition coefficient (Wildman–Crippen LogP) is 4.44. The summed E-state index contributed by atoms with van der Waals surface area (Å²) in [7, 11) is 0. The number of hydrogen-bond donors (Lipinski definition) is 0. The van der Waals surface area contributed by atoms with Gasteiger partial charge in [-0.1, -0.05) is 48.9 Å². The maximum Gasteiger partial charge on any atom is 0.233 e. The molecule has 0 saturated heterocycles. The maximum absolute atomic E-state index is 13.7. The molecule has 4 rings (SSSR count). The minimum absolute atomic E-state index is 0.186. The van der Waals surface area contributed by atoms with Crippen molar-refractivity contribution >= 4 is 5.91 Å². The predicted molar refractivity (Wildman–Crippen MR) is 91.9 cm³/mol. The lowest BCUT2D eigenvalue weighted by molar-refractivity contribution is -0.142. The Morgan fingerprint density at radius 2 is 1.83 bits per heavy atom. The van der Waals surface area contributed by atoms with Crippen LogP contribution in [0.3, 0.4) is 0 Å². The summed E-state index contributed by atoms with van der Waals surface area (Å²) in [4.78, 5) is 15.5. The first-order valence-electron chi connectivity index (χ1n) is 8.80. The molecule has 2 fully saturated rings. The summed E-state index contributed by atoms with van der Waals surface area (Å²) in [6.45, 7) is 0.654. The van der Waals surface area contributed by atoms with Gasteiger partial charge in [-0.25, -0.2) is 4.39 Å². The van der Waals surface area contributed by atoms with E-state index in [0.717, 1.165) is 43.2 Å². The number of nitrogens with zero attached hydrogens (tertiary/aromatic N) is 1. The Bertz CT molecular complexity index is 735. The van der Waals surface area contributed by atoms with E-state index in [0.29, 0.717) is 12.6 Å². The van der Waals surface area contributed by atoms with Crippen LogP contribution in [-0.4, -0.2) is 16.8 Å². The summed E-state index contributed by atoms with van der Waals surface area (Å²) in [5.74, 6) is -0.0710. The van der Waals surface area contributed by atoms with E-state index in [1.807, 2.05) is 29.2 Å². The van der Waals surface area contributed by atoms with Crippen LogP contribution in [0.15, 0.2) is 54.6 Å². The molecule has 0 heterocycles. The molecule has 2 aliphatic rings. The van der Waals surface area contributed by atoms with Crippen molar-refractivity contribution in [2.75, 3.05) is 0 Å². The molecule has 0 unspecified atom stereocenters. The van der Waals surface area contributed by atoms with Crippen LogP contribution < -0.4 is 0 Å². The second kappa shape index (κ2) is 6.04. The van der Waals surface area contributed by atoms with Crippen LogP contribution in [0.25, 0.3) is 0 Å². The van der Waals surface area contributed by atoms with E-state index in [4.69, 9.17) is 0 Å². The smallest absolute Gasteiger partial charge is 0.233 e. The molecule has 2 aromatic rings. The van der Waals surface area contributed by atoms with Crippen molar-refractivity contribution in [3.05, 3.63) is 71.5 Å². The van der Waals surface area contributed by atoms with Gasteiger partial charge in [-0.2, -0.15) is 0 Å². The van der Waals surface area contributed by atoms with E-state index >= 15 is 0 Å². The van der Waals surface area contributed by atoms with Crippen LogP contribution in [0.5, 0.6) is 0 Å². The molecule has 3 heteroatoms. The van der Waals surface area contributed by atoms with Gasteiger partial charge in [0.1, 0.15) is 5.82 Å². The van der Waals surface area contributed by atoms with Crippen LogP contribution in [0.2, 0.25) is 0 Å². The minimum atomic E-state index is -0.514. The quantitative estimate of drug-likeness (QED) is 0.796. The Balaban J connectivity index is 1.64. The highest BCUT2D eigenvalue weighted by Gasteiger charge is 2.50. The van der Waals surface area contributed by atoms with Gasteiger partial charge < -0.3 is 4.90 Å². The van der Waals surface area contributed by atoms with Gasteiger partial charge in [-0.05, 0) is 48.9 Å². The van der Waals surface area contributed by atoms with E-state index in [-0.39, 0.29) is 11.7 Å². The van der Waals surface area contributed by atoms with Crippen molar-refractivity contribution in [1.29, 1.82) is 0 Å². The summed E-state index contributed by atoms with van der Waals surface area (Å²) < 4.78 is 13.7. The highest BCUT2D eigenvalue weighted by Crippen LogP contribution is 2.47. The minimum Gasteiger partial charge on any atom is -0.335 e. The summed E-state index contributed by atoms with van der Waals surface area (Å²) >= 11 is 0. The number of carbonyl (C=O) groups is 1. The summed E-state index contributed by atoms with van der Waals surface area (Å²) in [6, 6.07) is 17.1. The number of carbonyl (C=O) groups excluding carboxylic acids is 1. The molecular formula is C21H22FNO. The molecule has 0 radical (unpaired) electrons. The fraction of sp³-hybridized carbons (Fsp3) is 0.381. The number of rotatable bonds is 5. The van der Waals surface area contributed by atoms with Crippen LogP contribution in [0.4, 0.5) is 4.39 Å². The number of halogens is 1. The molecule has 0 bridgehead atoms. The van der Waals surface area contributed by atoms with E-state index in [1.165, 1.54) is 6.07 Å². The van der Waals surface area contributed by atoms with E-state index in [1.54, 1.807) is 12.1 Å². The average molecular weight is 323 g/mol. The normalized spacial score (nSPS) is 18.7. The monoisotopic (exact) mass is 323 g/mol. The van der Waals surface area contributed by atoms with Gasteiger partial charge in [0.05, 0.1) is 5.41 Å². The fourth-order valence-electron chi connectivity index (χ4n) is 3.75. The molecule has 24 heavy (non-hydrogen) atoms. The van der Waals surface area contributed by atoms with Gasteiger partial charge in [-0.15, -0.1) is 0 Å². The Morgan fingerprint density at radius 1 is 1.08 bits per heavy atom. The van der Waals surface area contributed by atoms with Crippen LogP contribution in [0, 0.1) is 5.82 Å². The van der Waals surface area contributed by atoms with Crippen LogP contribution >= 0.6 is 0 Å². The van der Waals surface area contributed by atoms with Crippen molar-refractivity contribution in [2.24, 2.45) is 0 Å². The van der Waals surface area contributed by atoms with Crippen molar-refractivity contribution in [1.82, 2.24) is 4.90 Å². The lowest BCUT2D eigenvalue weighted by Gasteiger charge is -2.44. The molecule has 2 aromatic carbocycles. The first-order chi connectivity index (χ1) is 11.7. The van der Waals surface area contributed by atoms with Crippen molar-refractivity contribution in [3.8, 4) is 0 Å². The number of benzene rings is 2. The van der Waals surface area contributed by atoms with Crippen LogP contribution in [0.1, 0.15) is 43.2 Å². The Hall–Kier alpha value is -2.16. The Morgan fingerprint density at radius 3 is 2.42 bits per heavy atom. The zero-order chi connectivity index (χ0) is 16.6. The average Bonchev–Trinajstić information content (AvgIpc) is 3.37. The lowest BCUT2D eigenvalue weighted by atomic mass is 9.63. The van der Waals surface area contributed by atoms with E-state index < -0.39 is 5.41 Å². The maximum atomic E-state index is 13.7. The summed E-state index contributed by atoms with van der Waals surface area (Å²) in [5, 5.41) is 0. The molecule has 2 saturated carbocycles. The van der Waals surface area contributed by atoms with Crippen molar-refractivity contribution in [3.63, 3.8) is 0 Å². The topological polar surface area (TPSA) is 20.3 Å². The van der Waals surface area contributed by atoms with Crippen molar-refractivity contribution in [2.45, 2.75) is 50.1 Å². The second-order valence-electron chi connectivity index (χ2n) is 7.10. The van der Waals surface area contributed by atoms with Gasteiger partial charge in [0.2, 0.25) is 5.91 Å². The third kappa shape index (κ3) is 2.72. The van der Waals surface area contributed by atoms with Crippen LogP contribution in [-0.2, 0) is 16.8 Å². The van der Waals surface area contributed by atoms with Gasteiger partial charge in [0.25, 0.3) is 0 Å². The summed E-state index contributed by atoms with van der Waals surface area (Å²) in [5.41, 5.74) is 1.49. The zero-order valence-corrected chi connectivity index (χ0v) is 13.7. The largest absolute Gasteiger partial charge is 0.335 e. The molecule has 2 nitrogen and oxygen atoms in total. The highest BCUT2D eigenvalue weighted by molar-refractivity contribution is 5.89. The molecule has 0 aromatic heterocycles. The third-order valence-corrected chi connectivity index (χ3v) is 5.44. The molecule has 124 valence electrons. The third-order valence-electron chi connectivity index (χ3n) is 5.44. The fourth-order valence-corrected chi connectivity index (χ4v) is 3.75. The van der Waals surface area contributed by atoms with Crippen molar-refractivity contribution < 1.29 is 9.18 Å². The summed E-state index contributed by atoms with van der Waals surface area (Å²) in [6.07, 6.45) is 4.85. The molecule has 1 amide bonds. The molecule has 2 aliphatic carbocycles. The zero-order valence-electron chi connectivity index (χ0n) is 13.7. The van der Waals surface area contributed by atoms with E-state index in [9.17, 15) is 9.18 Å². The highest BCUT2D eigenvalue weighted by atomic mass is 19.1. The first-order valence-corrected chi connectivity index (χ1v) is 8.80.